The molecule has 0 bridgehead atoms. The standard InChI is InChI=1S/C24H29N3O2S/c1-17-12-20(23(28)13-18(17)2)14-26-8-10-27(11-9-26)15-21-16-30-24(25-21)19-4-6-22(29-3)7-5-19/h4-7,12-13,16,28H,8-11,14-15H2,1-3H3. The van der Waals surface area contributed by atoms with Crippen LogP contribution in [0.3, 0.4) is 0 Å². The minimum absolute atomic E-state index is 0.411. The SMILES string of the molecule is COc1ccc(-c2nc(CN3CCN(Cc4cc(C)c(C)cc4O)CC3)cs2)cc1. The maximum absolute atomic E-state index is 10.3. The summed E-state index contributed by atoms with van der Waals surface area (Å²) < 4.78 is 5.23. The molecule has 4 rings (SSSR count). The maximum Gasteiger partial charge on any atom is 0.123 e. The van der Waals surface area contributed by atoms with Crippen molar-refractivity contribution in [1.82, 2.24) is 14.8 Å². The Morgan fingerprint density at radius 3 is 2.27 bits per heavy atom. The summed E-state index contributed by atoms with van der Waals surface area (Å²) in [5.41, 5.74) is 5.65. The molecule has 2 heterocycles. The predicted molar refractivity (Wildman–Crippen MR) is 122 cm³/mol. The van der Waals surface area contributed by atoms with Crippen LogP contribution in [0, 0.1) is 13.8 Å². The molecule has 0 saturated carbocycles. The predicted octanol–water partition coefficient (Wildman–Crippen LogP) is 4.46. The number of piperazine rings is 1. The van der Waals surface area contributed by atoms with Gasteiger partial charge in [-0.1, -0.05) is 6.07 Å². The molecule has 0 spiro atoms. The molecule has 158 valence electrons. The quantitative estimate of drug-likeness (QED) is 0.634. The van der Waals surface area contributed by atoms with E-state index in [0.717, 1.165) is 72.4 Å². The van der Waals surface area contributed by atoms with Crippen molar-refractivity contribution in [3.8, 4) is 22.1 Å². The Balaban J connectivity index is 1.31. The van der Waals surface area contributed by atoms with Crippen molar-refractivity contribution in [2.75, 3.05) is 33.3 Å². The number of ether oxygens (including phenoxy) is 1. The fraction of sp³-hybridized carbons (Fsp3) is 0.375. The van der Waals surface area contributed by atoms with Crippen molar-refractivity contribution in [3.05, 3.63) is 64.2 Å². The average Bonchev–Trinajstić information content (AvgIpc) is 3.22. The monoisotopic (exact) mass is 423 g/mol. The van der Waals surface area contributed by atoms with E-state index in [4.69, 9.17) is 9.72 Å². The van der Waals surface area contributed by atoms with Gasteiger partial charge >= 0.3 is 0 Å². The summed E-state index contributed by atoms with van der Waals surface area (Å²) >= 11 is 1.69. The molecule has 5 nitrogen and oxygen atoms in total. The highest BCUT2D eigenvalue weighted by Gasteiger charge is 2.19. The fourth-order valence-corrected chi connectivity index (χ4v) is 4.63. The topological polar surface area (TPSA) is 48.8 Å². The Morgan fingerprint density at radius 2 is 1.60 bits per heavy atom. The molecule has 1 fully saturated rings. The van der Waals surface area contributed by atoms with Crippen molar-refractivity contribution in [3.63, 3.8) is 0 Å². The van der Waals surface area contributed by atoms with Gasteiger partial charge in [-0.25, -0.2) is 4.98 Å². The zero-order chi connectivity index (χ0) is 21.1. The third-order valence-electron chi connectivity index (χ3n) is 5.83. The first-order valence-corrected chi connectivity index (χ1v) is 11.2. The van der Waals surface area contributed by atoms with E-state index in [-0.39, 0.29) is 0 Å². The number of nitrogens with zero attached hydrogens (tertiary/aromatic N) is 3. The molecule has 0 amide bonds. The number of benzene rings is 2. The minimum atomic E-state index is 0.411. The number of aromatic hydroxyl groups is 1. The number of methoxy groups -OCH3 is 1. The van der Waals surface area contributed by atoms with E-state index < -0.39 is 0 Å². The molecule has 1 N–H and O–H groups in total. The van der Waals surface area contributed by atoms with E-state index in [1.54, 1.807) is 18.4 Å². The van der Waals surface area contributed by atoms with Crippen LogP contribution in [0.5, 0.6) is 11.5 Å². The molecular formula is C24H29N3O2S. The van der Waals surface area contributed by atoms with Crippen LogP contribution in [0.15, 0.2) is 41.8 Å². The zero-order valence-electron chi connectivity index (χ0n) is 17.9. The first-order valence-electron chi connectivity index (χ1n) is 10.3. The van der Waals surface area contributed by atoms with E-state index in [0.29, 0.717) is 5.75 Å². The highest BCUT2D eigenvalue weighted by Crippen LogP contribution is 2.27. The van der Waals surface area contributed by atoms with Crippen molar-refractivity contribution < 1.29 is 9.84 Å². The molecule has 3 aromatic rings. The largest absolute Gasteiger partial charge is 0.508 e. The van der Waals surface area contributed by atoms with E-state index in [1.807, 2.05) is 25.1 Å². The van der Waals surface area contributed by atoms with Crippen LogP contribution < -0.4 is 4.74 Å². The van der Waals surface area contributed by atoms with Gasteiger partial charge in [-0.3, -0.25) is 9.80 Å². The smallest absolute Gasteiger partial charge is 0.123 e. The Hall–Kier alpha value is -2.41. The number of hydrogen-bond acceptors (Lipinski definition) is 6. The van der Waals surface area contributed by atoms with E-state index in [2.05, 4.69) is 40.3 Å². The van der Waals surface area contributed by atoms with Gasteiger partial charge in [-0.2, -0.15) is 0 Å². The van der Waals surface area contributed by atoms with Gasteiger partial charge in [0.05, 0.1) is 12.8 Å². The van der Waals surface area contributed by atoms with Gasteiger partial charge in [0.1, 0.15) is 16.5 Å². The molecule has 0 unspecified atom stereocenters. The second-order valence-electron chi connectivity index (χ2n) is 7.99. The number of rotatable bonds is 6. The molecule has 1 aliphatic rings. The Labute approximate surface area is 182 Å². The first kappa shape index (κ1) is 20.8. The lowest BCUT2D eigenvalue weighted by Crippen LogP contribution is -2.45. The fourth-order valence-electron chi connectivity index (χ4n) is 3.81. The maximum atomic E-state index is 10.3. The van der Waals surface area contributed by atoms with Crippen LogP contribution in [-0.4, -0.2) is 53.2 Å². The number of phenols is 1. The Bertz CT molecular complexity index is 992. The Kier molecular flexibility index (Phi) is 6.37. The lowest BCUT2D eigenvalue weighted by molar-refractivity contribution is 0.120. The second kappa shape index (κ2) is 9.16. The summed E-state index contributed by atoms with van der Waals surface area (Å²) in [6.45, 7) is 9.86. The minimum Gasteiger partial charge on any atom is -0.508 e. The summed E-state index contributed by atoms with van der Waals surface area (Å²) in [4.78, 5) is 9.72. The van der Waals surface area contributed by atoms with Crippen molar-refractivity contribution in [2.24, 2.45) is 0 Å². The van der Waals surface area contributed by atoms with Crippen LogP contribution in [-0.2, 0) is 13.1 Å². The van der Waals surface area contributed by atoms with Crippen LogP contribution in [0.2, 0.25) is 0 Å². The van der Waals surface area contributed by atoms with Crippen LogP contribution in [0.25, 0.3) is 10.6 Å². The van der Waals surface area contributed by atoms with Gasteiger partial charge in [0.25, 0.3) is 0 Å². The summed E-state index contributed by atoms with van der Waals surface area (Å²) in [6, 6.07) is 12.1. The zero-order valence-corrected chi connectivity index (χ0v) is 18.7. The third-order valence-corrected chi connectivity index (χ3v) is 6.77. The van der Waals surface area contributed by atoms with E-state index in [9.17, 15) is 5.11 Å². The molecule has 6 heteroatoms. The summed E-state index contributed by atoms with van der Waals surface area (Å²) in [5.74, 6) is 1.27. The van der Waals surface area contributed by atoms with E-state index >= 15 is 0 Å². The highest BCUT2D eigenvalue weighted by molar-refractivity contribution is 7.13. The van der Waals surface area contributed by atoms with Gasteiger partial charge < -0.3 is 9.84 Å². The van der Waals surface area contributed by atoms with Gasteiger partial charge in [0.15, 0.2) is 0 Å². The number of phenolic OH excluding ortho intramolecular Hbond substituents is 1. The highest BCUT2D eigenvalue weighted by atomic mass is 32.1. The lowest BCUT2D eigenvalue weighted by Gasteiger charge is -2.34. The number of aryl methyl sites for hydroxylation is 2. The summed E-state index contributed by atoms with van der Waals surface area (Å²) in [7, 11) is 1.68. The Morgan fingerprint density at radius 1 is 0.967 bits per heavy atom. The van der Waals surface area contributed by atoms with Gasteiger partial charge in [0.2, 0.25) is 0 Å². The van der Waals surface area contributed by atoms with Gasteiger partial charge in [-0.05, 0) is 55.3 Å². The molecule has 30 heavy (non-hydrogen) atoms. The summed E-state index contributed by atoms with van der Waals surface area (Å²) in [5, 5.41) is 13.5. The van der Waals surface area contributed by atoms with E-state index in [1.165, 1.54) is 5.56 Å². The number of aromatic nitrogens is 1. The van der Waals surface area contributed by atoms with Crippen LogP contribution >= 0.6 is 11.3 Å². The average molecular weight is 424 g/mol. The second-order valence-corrected chi connectivity index (χ2v) is 8.85. The number of thiazole rings is 1. The normalized spacial score (nSPS) is 15.4. The van der Waals surface area contributed by atoms with Gasteiger partial charge in [-0.15, -0.1) is 11.3 Å². The van der Waals surface area contributed by atoms with Crippen LogP contribution in [0.4, 0.5) is 0 Å². The first-order chi connectivity index (χ1) is 14.5. The molecule has 2 aromatic carbocycles. The number of hydrogen-bond donors (Lipinski definition) is 1. The molecule has 1 aliphatic heterocycles. The van der Waals surface area contributed by atoms with Crippen molar-refractivity contribution >= 4 is 11.3 Å². The lowest BCUT2D eigenvalue weighted by atomic mass is 10.0. The molecule has 0 radical (unpaired) electrons. The van der Waals surface area contributed by atoms with Crippen molar-refractivity contribution in [2.45, 2.75) is 26.9 Å². The van der Waals surface area contributed by atoms with Gasteiger partial charge in [0, 0.05) is 55.8 Å². The molecule has 1 saturated heterocycles. The van der Waals surface area contributed by atoms with Crippen molar-refractivity contribution in [1.29, 1.82) is 0 Å². The molecule has 0 atom stereocenters. The van der Waals surface area contributed by atoms with Crippen LogP contribution in [0.1, 0.15) is 22.4 Å². The molecule has 0 aliphatic carbocycles. The third kappa shape index (κ3) is 4.83. The molecular weight excluding hydrogens is 394 g/mol. The molecule has 1 aromatic heterocycles. The summed E-state index contributed by atoms with van der Waals surface area (Å²) in [6.07, 6.45) is 0.